The number of rotatable bonds is 5. The van der Waals surface area contributed by atoms with Gasteiger partial charge < -0.3 is 10.1 Å². The minimum atomic E-state index is -0.0581. The maximum atomic E-state index is 12.5. The number of benzene rings is 1. The molecular weight excluding hydrogens is 320 g/mol. The molecule has 0 bridgehead atoms. The summed E-state index contributed by atoms with van der Waals surface area (Å²) in [7, 11) is 0. The number of amides is 1. The van der Waals surface area contributed by atoms with Crippen LogP contribution < -0.4 is 5.32 Å². The SMILES string of the molecule is O=C(Cn1nnnc1CN1CCOCC1)N[C@@H]1CCc2ccccc21. The lowest BCUT2D eigenvalue weighted by Gasteiger charge is -2.25. The first kappa shape index (κ1) is 16.2. The van der Waals surface area contributed by atoms with Crippen LogP contribution in [0.4, 0.5) is 0 Å². The molecule has 2 aliphatic rings. The van der Waals surface area contributed by atoms with Gasteiger partial charge in [-0.1, -0.05) is 24.3 Å². The molecule has 2 aromatic rings. The molecule has 132 valence electrons. The van der Waals surface area contributed by atoms with Gasteiger partial charge in [0.1, 0.15) is 6.54 Å². The number of hydrogen-bond acceptors (Lipinski definition) is 6. The Morgan fingerprint density at radius 1 is 1.28 bits per heavy atom. The number of ether oxygens (including phenoxy) is 1. The van der Waals surface area contributed by atoms with Crippen molar-refractivity contribution < 1.29 is 9.53 Å². The van der Waals surface area contributed by atoms with Gasteiger partial charge in [0.05, 0.1) is 25.8 Å². The summed E-state index contributed by atoms with van der Waals surface area (Å²) in [5.41, 5.74) is 2.55. The molecule has 0 radical (unpaired) electrons. The molecule has 8 heteroatoms. The highest BCUT2D eigenvalue weighted by molar-refractivity contribution is 5.76. The van der Waals surface area contributed by atoms with Gasteiger partial charge in [0.25, 0.3) is 0 Å². The van der Waals surface area contributed by atoms with E-state index in [9.17, 15) is 4.79 Å². The lowest BCUT2D eigenvalue weighted by atomic mass is 10.1. The van der Waals surface area contributed by atoms with Crippen molar-refractivity contribution in [2.45, 2.75) is 32.0 Å². The monoisotopic (exact) mass is 342 g/mol. The zero-order valence-electron chi connectivity index (χ0n) is 14.1. The number of fused-ring (bicyclic) bond motifs is 1. The lowest BCUT2D eigenvalue weighted by molar-refractivity contribution is -0.122. The fourth-order valence-corrected chi connectivity index (χ4v) is 3.50. The van der Waals surface area contributed by atoms with Crippen LogP contribution in [0.1, 0.15) is 29.4 Å². The van der Waals surface area contributed by atoms with E-state index in [-0.39, 0.29) is 18.5 Å². The van der Waals surface area contributed by atoms with Crippen molar-refractivity contribution >= 4 is 5.91 Å². The van der Waals surface area contributed by atoms with Gasteiger partial charge in [-0.15, -0.1) is 5.10 Å². The van der Waals surface area contributed by atoms with Crippen LogP contribution in [-0.4, -0.2) is 57.3 Å². The number of morpholine rings is 1. The van der Waals surface area contributed by atoms with Crippen molar-refractivity contribution in [3.63, 3.8) is 0 Å². The number of tetrazole rings is 1. The first-order valence-corrected chi connectivity index (χ1v) is 8.72. The van der Waals surface area contributed by atoms with Crippen LogP contribution >= 0.6 is 0 Å². The Hall–Kier alpha value is -2.32. The molecule has 0 saturated carbocycles. The van der Waals surface area contributed by atoms with E-state index in [0.717, 1.165) is 39.1 Å². The van der Waals surface area contributed by atoms with E-state index in [1.54, 1.807) is 4.68 Å². The Balaban J connectivity index is 1.36. The van der Waals surface area contributed by atoms with Crippen molar-refractivity contribution in [3.05, 3.63) is 41.2 Å². The molecule has 8 nitrogen and oxygen atoms in total. The largest absolute Gasteiger partial charge is 0.379 e. The van der Waals surface area contributed by atoms with E-state index in [4.69, 9.17) is 4.74 Å². The van der Waals surface area contributed by atoms with Crippen LogP contribution in [0.3, 0.4) is 0 Å². The molecule has 0 spiro atoms. The summed E-state index contributed by atoms with van der Waals surface area (Å²) in [6, 6.07) is 8.37. The molecule has 1 atom stereocenters. The topological polar surface area (TPSA) is 85.2 Å². The third kappa shape index (κ3) is 3.69. The molecule has 0 unspecified atom stereocenters. The summed E-state index contributed by atoms with van der Waals surface area (Å²) in [5, 5.41) is 14.9. The average molecular weight is 342 g/mol. The van der Waals surface area contributed by atoms with E-state index >= 15 is 0 Å². The van der Waals surface area contributed by atoms with E-state index in [1.807, 2.05) is 12.1 Å². The molecule has 4 rings (SSSR count). The van der Waals surface area contributed by atoms with Gasteiger partial charge >= 0.3 is 0 Å². The summed E-state index contributed by atoms with van der Waals surface area (Å²) in [4.78, 5) is 14.7. The number of nitrogens with one attached hydrogen (secondary N) is 1. The van der Waals surface area contributed by atoms with Crippen LogP contribution in [0, 0.1) is 0 Å². The van der Waals surface area contributed by atoms with E-state index in [0.29, 0.717) is 12.4 Å². The third-order valence-electron chi connectivity index (χ3n) is 4.84. The maximum Gasteiger partial charge on any atom is 0.242 e. The molecule has 1 fully saturated rings. The summed E-state index contributed by atoms with van der Waals surface area (Å²) >= 11 is 0. The highest BCUT2D eigenvalue weighted by atomic mass is 16.5. The first-order valence-electron chi connectivity index (χ1n) is 8.72. The molecule has 1 aromatic heterocycles. The van der Waals surface area contributed by atoms with Crippen LogP contribution in [0.15, 0.2) is 24.3 Å². The zero-order chi connectivity index (χ0) is 17.1. The number of aromatic nitrogens is 4. The van der Waals surface area contributed by atoms with Gasteiger partial charge in [-0.3, -0.25) is 9.69 Å². The van der Waals surface area contributed by atoms with Crippen molar-refractivity contribution in [2.75, 3.05) is 26.3 Å². The minimum Gasteiger partial charge on any atom is -0.379 e. The van der Waals surface area contributed by atoms with Gasteiger partial charge in [-0.25, -0.2) is 4.68 Å². The number of hydrogen-bond donors (Lipinski definition) is 1. The number of aryl methyl sites for hydroxylation is 1. The number of carbonyl (C=O) groups excluding carboxylic acids is 1. The Morgan fingerprint density at radius 2 is 2.12 bits per heavy atom. The summed E-state index contributed by atoms with van der Waals surface area (Å²) in [6.45, 7) is 3.95. The van der Waals surface area contributed by atoms with Gasteiger partial charge in [0, 0.05) is 13.1 Å². The van der Waals surface area contributed by atoms with Crippen molar-refractivity contribution in [3.8, 4) is 0 Å². The van der Waals surface area contributed by atoms with Gasteiger partial charge in [0.2, 0.25) is 5.91 Å². The number of nitrogens with zero attached hydrogens (tertiary/aromatic N) is 5. The van der Waals surface area contributed by atoms with E-state index in [1.165, 1.54) is 11.1 Å². The fourth-order valence-electron chi connectivity index (χ4n) is 3.50. The molecule has 1 aliphatic heterocycles. The average Bonchev–Trinajstić information content (AvgIpc) is 3.23. The summed E-state index contributed by atoms with van der Waals surface area (Å²) in [5.74, 6) is 0.654. The Kier molecular flexibility index (Phi) is 4.71. The molecule has 25 heavy (non-hydrogen) atoms. The molecule has 1 N–H and O–H groups in total. The fraction of sp³-hybridized carbons (Fsp3) is 0.529. The van der Waals surface area contributed by atoms with E-state index in [2.05, 4.69) is 37.9 Å². The predicted octanol–water partition coefficient (Wildman–Crippen LogP) is 0.309. The second-order valence-corrected chi connectivity index (χ2v) is 6.50. The molecule has 1 aliphatic carbocycles. The first-order chi connectivity index (χ1) is 12.3. The maximum absolute atomic E-state index is 12.5. The second kappa shape index (κ2) is 7.28. The van der Waals surface area contributed by atoms with Crippen molar-refractivity contribution in [2.24, 2.45) is 0 Å². The summed E-state index contributed by atoms with van der Waals surface area (Å²) in [6.07, 6.45) is 1.95. The Bertz CT molecular complexity index is 740. The zero-order valence-corrected chi connectivity index (χ0v) is 14.1. The normalized spacial score (nSPS) is 20.4. The molecular formula is C17H22N6O2. The van der Waals surface area contributed by atoms with E-state index < -0.39 is 0 Å². The van der Waals surface area contributed by atoms with Gasteiger partial charge in [0.15, 0.2) is 5.82 Å². The highest BCUT2D eigenvalue weighted by Crippen LogP contribution is 2.30. The summed E-state index contributed by atoms with van der Waals surface area (Å²) < 4.78 is 6.94. The molecule has 2 heterocycles. The molecule has 1 amide bonds. The molecule has 1 aromatic carbocycles. The van der Waals surface area contributed by atoms with Crippen LogP contribution in [0.25, 0.3) is 0 Å². The van der Waals surface area contributed by atoms with Gasteiger partial charge in [-0.05, 0) is 34.4 Å². The smallest absolute Gasteiger partial charge is 0.242 e. The molecule has 1 saturated heterocycles. The van der Waals surface area contributed by atoms with Crippen LogP contribution in [0.5, 0.6) is 0 Å². The minimum absolute atomic E-state index is 0.0581. The van der Waals surface area contributed by atoms with Crippen molar-refractivity contribution in [1.29, 1.82) is 0 Å². The predicted molar refractivity (Wildman–Crippen MR) is 89.6 cm³/mol. The van der Waals surface area contributed by atoms with Gasteiger partial charge in [-0.2, -0.15) is 0 Å². The quantitative estimate of drug-likeness (QED) is 0.842. The number of carbonyl (C=O) groups is 1. The lowest BCUT2D eigenvalue weighted by Crippen LogP contribution is -2.37. The highest BCUT2D eigenvalue weighted by Gasteiger charge is 2.24. The Morgan fingerprint density at radius 3 is 3.00 bits per heavy atom. The Labute approximate surface area is 146 Å². The standard InChI is InChI=1S/C17H22N6O2/c24-17(18-15-6-5-13-3-1-2-4-14(13)15)12-23-16(19-20-21-23)11-22-7-9-25-10-8-22/h1-4,15H,5-12H2,(H,18,24)/t15-/m1/s1. The van der Waals surface area contributed by atoms with Crippen LogP contribution in [0.2, 0.25) is 0 Å². The second-order valence-electron chi connectivity index (χ2n) is 6.50. The van der Waals surface area contributed by atoms with Crippen molar-refractivity contribution in [1.82, 2.24) is 30.4 Å². The third-order valence-corrected chi connectivity index (χ3v) is 4.84. The van der Waals surface area contributed by atoms with Crippen LogP contribution in [-0.2, 0) is 29.0 Å².